The van der Waals surface area contributed by atoms with Gasteiger partial charge in [-0.1, -0.05) is 6.07 Å². The van der Waals surface area contributed by atoms with Crippen LogP contribution in [0.2, 0.25) is 0 Å². The third-order valence-electron chi connectivity index (χ3n) is 5.38. The molecule has 3 aromatic rings. The number of carbonyl (C=O) groups is 3. The van der Waals surface area contributed by atoms with E-state index >= 15 is 0 Å². The third kappa shape index (κ3) is 4.63. The maximum Gasteiger partial charge on any atom is 0.359 e. The Kier molecular flexibility index (Phi) is 7.65. The summed E-state index contributed by atoms with van der Waals surface area (Å²) in [5.74, 6) is -0.370. The molecular weight excluding hydrogens is 456 g/mol. The lowest BCUT2D eigenvalue weighted by molar-refractivity contribution is 0.0575. The first-order valence-corrected chi connectivity index (χ1v) is 10.3. The summed E-state index contributed by atoms with van der Waals surface area (Å²) in [4.78, 5) is 37.3. The van der Waals surface area contributed by atoms with Crippen LogP contribution in [-0.4, -0.2) is 64.0 Å². The molecule has 0 atom stereocenters. The molecule has 0 N–H and O–H groups in total. The number of aldehydes is 1. The molecule has 0 saturated heterocycles. The van der Waals surface area contributed by atoms with Crippen molar-refractivity contribution in [1.29, 1.82) is 0 Å². The first kappa shape index (κ1) is 25.2. The summed E-state index contributed by atoms with van der Waals surface area (Å²) in [6, 6.07) is 8.12. The smallest absolute Gasteiger partial charge is 0.359 e. The molecule has 10 heteroatoms. The zero-order valence-corrected chi connectivity index (χ0v) is 20.1. The van der Waals surface area contributed by atoms with Crippen LogP contribution in [0.4, 0.5) is 0 Å². The Bertz CT molecular complexity index is 1300. The zero-order chi connectivity index (χ0) is 25.7. The molecular formula is C25H24N2O8. The van der Waals surface area contributed by atoms with Crippen molar-refractivity contribution in [3.63, 3.8) is 0 Å². The molecule has 0 saturated carbocycles. The van der Waals surface area contributed by atoms with E-state index in [1.54, 1.807) is 31.2 Å². The van der Waals surface area contributed by atoms with Gasteiger partial charge in [0.2, 0.25) is 0 Å². The summed E-state index contributed by atoms with van der Waals surface area (Å²) in [5.41, 5.74) is 1.97. The molecule has 0 amide bonds. The molecule has 1 heterocycles. The minimum Gasteiger partial charge on any atom is -0.496 e. The van der Waals surface area contributed by atoms with Gasteiger partial charge in [0.25, 0.3) is 0 Å². The molecule has 0 aliphatic heterocycles. The SMILES string of the molecule is COC(=O)c1nnc(C(=O)OC)c(-c2cc(OC)c(OC)cc2C)c1-c1ccc(OC)c(C=O)c1. The van der Waals surface area contributed by atoms with Crippen molar-refractivity contribution < 1.29 is 38.1 Å². The second-order valence-corrected chi connectivity index (χ2v) is 7.23. The van der Waals surface area contributed by atoms with Gasteiger partial charge in [-0.15, -0.1) is 10.2 Å². The lowest BCUT2D eigenvalue weighted by atomic mass is 9.89. The lowest BCUT2D eigenvalue weighted by Gasteiger charge is -2.19. The monoisotopic (exact) mass is 480 g/mol. The Morgan fingerprint density at radius 3 is 1.80 bits per heavy atom. The summed E-state index contributed by atoms with van der Waals surface area (Å²) in [6.07, 6.45) is 0.622. The van der Waals surface area contributed by atoms with E-state index in [0.717, 1.165) is 0 Å². The van der Waals surface area contributed by atoms with Crippen LogP contribution in [0.25, 0.3) is 22.3 Å². The van der Waals surface area contributed by atoms with Gasteiger partial charge in [-0.05, 0) is 47.9 Å². The van der Waals surface area contributed by atoms with Crippen LogP contribution in [0.15, 0.2) is 30.3 Å². The number of rotatable bonds is 8. The summed E-state index contributed by atoms with van der Waals surface area (Å²) < 4.78 is 26.0. The number of esters is 2. The van der Waals surface area contributed by atoms with Crippen molar-refractivity contribution >= 4 is 18.2 Å². The fourth-order valence-corrected chi connectivity index (χ4v) is 3.69. The van der Waals surface area contributed by atoms with E-state index in [1.807, 2.05) is 0 Å². The second-order valence-electron chi connectivity index (χ2n) is 7.23. The van der Waals surface area contributed by atoms with Gasteiger partial charge in [0, 0.05) is 11.1 Å². The quantitative estimate of drug-likeness (QED) is 0.349. The van der Waals surface area contributed by atoms with Crippen LogP contribution in [0.3, 0.4) is 0 Å². The average molecular weight is 480 g/mol. The normalized spacial score (nSPS) is 10.3. The van der Waals surface area contributed by atoms with Crippen LogP contribution in [0.5, 0.6) is 17.2 Å². The van der Waals surface area contributed by atoms with E-state index in [0.29, 0.717) is 40.2 Å². The number of aromatic nitrogens is 2. The zero-order valence-electron chi connectivity index (χ0n) is 20.1. The number of aryl methyl sites for hydroxylation is 1. The predicted molar refractivity (Wildman–Crippen MR) is 125 cm³/mol. The van der Waals surface area contributed by atoms with Gasteiger partial charge >= 0.3 is 11.9 Å². The average Bonchev–Trinajstić information content (AvgIpc) is 2.90. The highest BCUT2D eigenvalue weighted by Gasteiger charge is 2.29. The fraction of sp³-hybridized carbons (Fsp3) is 0.240. The molecule has 2 aromatic carbocycles. The van der Waals surface area contributed by atoms with Gasteiger partial charge in [-0.25, -0.2) is 9.59 Å². The van der Waals surface area contributed by atoms with E-state index in [-0.39, 0.29) is 28.1 Å². The number of benzene rings is 2. The Labute approximate surface area is 201 Å². The molecule has 1 aromatic heterocycles. The van der Waals surface area contributed by atoms with Gasteiger partial charge in [0.15, 0.2) is 29.2 Å². The number of hydrogen-bond donors (Lipinski definition) is 0. The van der Waals surface area contributed by atoms with E-state index in [1.165, 1.54) is 41.6 Å². The predicted octanol–water partition coefficient (Wildman–Crippen LogP) is 3.53. The first-order valence-electron chi connectivity index (χ1n) is 10.3. The van der Waals surface area contributed by atoms with Crippen LogP contribution >= 0.6 is 0 Å². The van der Waals surface area contributed by atoms with E-state index in [9.17, 15) is 14.4 Å². The Hall–Kier alpha value is -4.47. The maximum absolute atomic E-state index is 12.8. The summed E-state index contributed by atoms with van der Waals surface area (Å²) in [7, 11) is 6.83. The lowest BCUT2D eigenvalue weighted by Crippen LogP contribution is -2.16. The van der Waals surface area contributed by atoms with Crippen LogP contribution in [-0.2, 0) is 9.47 Å². The Morgan fingerprint density at radius 2 is 1.29 bits per heavy atom. The summed E-state index contributed by atoms with van der Waals surface area (Å²) in [6.45, 7) is 1.80. The molecule has 3 rings (SSSR count). The largest absolute Gasteiger partial charge is 0.496 e. The van der Waals surface area contributed by atoms with E-state index < -0.39 is 11.9 Å². The van der Waals surface area contributed by atoms with Gasteiger partial charge in [0.05, 0.1) is 41.1 Å². The minimum atomic E-state index is -0.785. The van der Waals surface area contributed by atoms with Crippen LogP contribution in [0.1, 0.15) is 36.9 Å². The number of carbonyl (C=O) groups excluding carboxylic acids is 3. The topological polar surface area (TPSA) is 123 Å². The number of hydrogen-bond acceptors (Lipinski definition) is 10. The molecule has 0 radical (unpaired) electrons. The molecule has 10 nitrogen and oxygen atoms in total. The fourth-order valence-electron chi connectivity index (χ4n) is 3.69. The standard InChI is InChI=1S/C25H24N2O8/c1-13-9-18(32-3)19(33-4)11-16(13)21-20(14-7-8-17(31-2)15(10-14)12-28)22(24(29)34-5)26-27-23(21)25(30)35-6/h7-12H,1-6H3. The third-order valence-corrected chi connectivity index (χ3v) is 5.38. The van der Waals surface area contributed by atoms with Crippen molar-refractivity contribution in [2.45, 2.75) is 6.92 Å². The molecule has 35 heavy (non-hydrogen) atoms. The number of nitrogens with zero attached hydrogens (tertiary/aromatic N) is 2. The molecule has 0 fully saturated rings. The molecule has 0 unspecified atom stereocenters. The number of methoxy groups -OCH3 is 5. The van der Waals surface area contributed by atoms with Gasteiger partial charge in [-0.3, -0.25) is 4.79 Å². The Morgan fingerprint density at radius 1 is 0.743 bits per heavy atom. The van der Waals surface area contributed by atoms with E-state index in [4.69, 9.17) is 23.7 Å². The molecule has 0 bridgehead atoms. The van der Waals surface area contributed by atoms with Crippen molar-refractivity contribution in [1.82, 2.24) is 10.2 Å². The second kappa shape index (κ2) is 10.6. The first-order chi connectivity index (χ1) is 16.8. The van der Waals surface area contributed by atoms with Crippen LogP contribution < -0.4 is 14.2 Å². The molecule has 0 aliphatic rings. The molecule has 182 valence electrons. The summed E-state index contributed by atoms with van der Waals surface area (Å²) >= 11 is 0. The highest BCUT2D eigenvalue weighted by Crippen LogP contribution is 2.42. The molecule has 0 spiro atoms. The van der Waals surface area contributed by atoms with Gasteiger partial charge in [-0.2, -0.15) is 0 Å². The highest BCUT2D eigenvalue weighted by atomic mass is 16.5. The van der Waals surface area contributed by atoms with Crippen molar-refractivity contribution in [2.24, 2.45) is 0 Å². The molecule has 0 aliphatic carbocycles. The van der Waals surface area contributed by atoms with Gasteiger partial charge in [0.1, 0.15) is 5.75 Å². The van der Waals surface area contributed by atoms with Gasteiger partial charge < -0.3 is 23.7 Å². The highest BCUT2D eigenvalue weighted by molar-refractivity contribution is 6.07. The maximum atomic E-state index is 12.8. The van der Waals surface area contributed by atoms with Crippen molar-refractivity contribution in [2.75, 3.05) is 35.5 Å². The summed E-state index contributed by atoms with van der Waals surface area (Å²) in [5, 5.41) is 7.99. The van der Waals surface area contributed by atoms with Crippen molar-refractivity contribution in [3.05, 3.63) is 52.8 Å². The van der Waals surface area contributed by atoms with Crippen LogP contribution in [0, 0.1) is 6.92 Å². The minimum absolute atomic E-state index is 0.144. The van der Waals surface area contributed by atoms with Crippen molar-refractivity contribution in [3.8, 4) is 39.5 Å². The van der Waals surface area contributed by atoms with E-state index in [2.05, 4.69) is 10.2 Å². The Balaban J connectivity index is 2.54. The number of ether oxygens (including phenoxy) is 5.